The molecule has 0 aliphatic rings. The lowest BCUT2D eigenvalue weighted by Crippen LogP contribution is -2.37. The second-order valence-corrected chi connectivity index (χ2v) is 5.69. The summed E-state index contributed by atoms with van der Waals surface area (Å²) < 4.78 is 10.4. The molecule has 1 rings (SSSR count). The van der Waals surface area contributed by atoms with Gasteiger partial charge in [0.1, 0.15) is 0 Å². The first-order valence-corrected chi connectivity index (χ1v) is 8.16. The molecule has 2 N–H and O–H groups in total. The molecule has 130 valence electrons. The van der Waals surface area contributed by atoms with Gasteiger partial charge in [-0.1, -0.05) is 17.7 Å². The van der Waals surface area contributed by atoms with Crippen LogP contribution in [0.2, 0.25) is 0 Å². The number of methoxy groups -OCH3 is 1. The zero-order valence-electron chi connectivity index (χ0n) is 15.2. The van der Waals surface area contributed by atoms with Gasteiger partial charge in [-0.15, -0.1) is 0 Å². The van der Waals surface area contributed by atoms with Gasteiger partial charge in [0.05, 0.1) is 13.2 Å². The Bertz CT molecular complexity index is 478. The molecule has 0 saturated heterocycles. The first kappa shape index (κ1) is 19.5. The first-order valence-electron chi connectivity index (χ1n) is 8.16. The van der Waals surface area contributed by atoms with Crippen LogP contribution in [0.15, 0.2) is 17.1 Å². The average molecular weight is 321 g/mol. The molecule has 5 nitrogen and oxygen atoms in total. The molecule has 0 bridgehead atoms. The van der Waals surface area contributed by atoms with Gasteiger partial charge in [-0.2, -0.15) is 0 Å². The van der Waals surface area contributed by atoms with Crippen molar-refractivity contribution in [2.75, 3.05) is 40.5 Å². The number of aliphatic imine (C=N–C) groups is 1. The van der Waals surface area contributed by atoms with Crippen molar-refractivity contribution in [3.05, 3.63) is 34.4 Å². The molecule has 0 saturated carbocycles. The predicted octanol–water partition coefficient (Wildman–Crippen LogP) is 2.33. The first-order chi connectivity index (χ1) is 11.1. The number of aryl methyl sites for hydroxylation is 3. The molecule has 0 atom stereocenters. The van der Waals surface area contributed by atoms with Crippen molar-refractivity contribution in [2.24, 2.45) is 4.99 Å². The summed E-state index contributed by atoms with van der Waals surface area (Å²) in [5, 5.41) is 6.68. The summed E-state index contributed by atoms with van der Waals surface area (Å²) >= 11 is 0. The maximum atomic E-state index is 5.44. The van der Waals surface area contributed by atoms with Crippen molar-refractivity contribution in [2.45, 2.75) is 33.7 Å². The maximum Gasteiger partial charge on any atom is 0.191 e. The van der Waals surface area contributed by atoms with Crippen LogP contribution in [0, 0.1) is 20.8 Å². The van der Waals surface area contributed by atoms with Crippen LogP contribution < -0.4 is 10.6 Å². The van der Waals surface area contributed by atoms with Crippen LogP contribution in [0.5, 0.6) is 0 Å². The maximum absolute atomic E-state index is 5.44. The van der Waals surface area contributed by atoms with Gasteiger partial charge >= 0.3 is 0 Å². The van der Waals surface area contributed by atoms with Gasteiger partial charge in [0.2, 0.25) is 0 Å². The van der Waals surface area contributed by atoms with Crippen LogP contribution >= 0.6 is 0 Å². The summed E-state index contributed by atoms with van der Waals surface area (Å²) in [6.45, 7) is 10.1. The van der Waals surface area contributed by atoms with Crippen molar-refractivity contribution in [3.8, 4) is 0 Å². The molecule has 5 heteroatoms. The number of ether oxygens (including phenoxy) is 2. The number of guanidine groups is 1. The van der Waals surface area contributed by atoms with E-state index in [-0.39, 0.29) is 0 Å². The lowest BCUT2D eigenvalue weighted by atomic mass is 10.00. The number of nitrogens with one attached hydrogen (secondary N) is 2. The molecule has 0 unspecified atom stereocenters. The third-order valence-electron chi connectivity index (χ3n) is 3.69. The van der Waals surface area contributed by atoms with Crippen LogP contribution in [0.25, 0.3) is 0 Å². The van der Waals surface area contributed by atoms with E-state index in [4.69, 9.17) is 9.47 Å². The van der Waals surface area contributed by atoms with Crippen molar-refractivity contribution in [1.29, 1.82) is 0 Å². The molecule has 23 heavy (non-hydrogen) atoms. The molecule has 0 fully saturated rings. The Morgan fingerprint density at radius 1 is 1.04 bits per heavy atom. The van der Waals surface area contributed by atoms with Crippen LogP contribution in [0.3, 0.4) is 0 Å². The van der Waals surface area contributed by atoms with E-state index in [2.05, 4.69) is 48.5 Å². The average Bonchev–Trinajstić information content (AvgIpc) is 2.50. The zero-order chi connectivity index (χ0) is 17.1. The Labute approximate surface area is 140 Å². The molecule has 0 radical (unpaired) electrons. The fourth-order valence-electron chi connectivity index (χ4n) is 2.51. The third-order valence-corrected chi connectivity index (χ3v) is 3.69. The molecular formula is C18H31N3O2. The highest BCUT2D eigenvalue weighted by molar-refractivity contribution is 5.79. The molecule has 0 aliphatic heterocycles. The number of hydrogen-bond acceptors (Lipinski definition) is 3. The second-order valence-electron chi connectivity index (χ2n) is 5.69. The summed E-state index contributed by atoms with van der Waals surface area (Å²) in [6, 6.07) is 4.44. The van der Waals surface area contributed by atoms with Gasteiger partial charge in [-0.05, 0) is 43.9 Å². The molecular weight excluding hydrogens is 290 g/mol. The van der Waals surface area contributed by atoms with Crippen LogP contribution in [0.4, 0.5) is 0 Å². The van der Waals surface area contributed by atoms with Crippen LogP contribution in [-0.4, -0.2) is 46.5 Å². The minimum atomic E-state index is 0.645. The lowest BCUT2D eigenvalue weighted by Gasteiger charge is -2.15. The molecule has 0 amide bonds. The van der Waals surface area contributed by atoms with Gasteiger partial charge in [0, 0.05) is 33.9 Å². The summed E-state index contributed by atoms with van der Waals surface area (Å²) in [6.07, 6.45) is 0.938. The van der Waals surface area contributed by atoms with Crippen molar-refractivity contribution >= 4 is 5.96 Å². The van der Waals surface area contributed by atoms with E-state index in [1.54, 1.807) is 14.2 Å². The SMILES string of the molecule is CN=C(NCCCOCCOC)NCc1c(C)cc(C)cc1C. The molecule has 0 aromatic heterocycles. The summed E-state index contributed by atoms with van der Waals surface area (Å²) in [5.41, 5.74) is 5.27. The Balaban J connectivity index is 2.32. The van der Waals surface area contributed by atoms with Crippen LogP contribution in [-0.2, 0) is 16.0 Å². The zero-order valence-corrected chi connectivity index (χ0v) is 15.2. The van der Waals surface area contributed by atoms with Gasteiger partial charge in [0.15, 0.2) is 5.96 Å². The van der Waals surface area contributed by atoms with E-state index in [0.717, 1.165) is 32.1 Å². The fraction of sp³-hybridized carbons (Fsp3) is 0.611. The van der Waals surface area contributed by atoms with Crippen LogP contribution in [0.1, 0.15) is 28.7 Å². The van der Waals surface area contributed by atoms with Crippen molar-refractivity contribution in [1.82, 2.24) is 10.6 Å². The standard InChI is InChI=1S/C18H31N3O2/c1-14-11-15(2)17(16(3)12-14)13-21-18(19-4)20-7-6-8-23-10-9-22-5/h11-12H,6-10,13H2,1-5H3,(H2,19,20,21). The highest BCUT2D eigenvalue weighted by Gasteiger charge is 2.05. The predicted molar refractivity (Wildman–Crippen MR) is 96.2 cm³/mol. The quantitative estimate of drug-likeness (QED) is 0.416. The smallest absolute Gasteiger partial charge is 0.191 e. The molecule has 1 aromatic carbocycles. The number of nitrogens with zero attached hydrogens (tertiary/aromatic N) is 1. The topological polar surface area (TPSA) is 54.9 Å². The second kappa shape index (κ2) is 11.0. The van der Waals surface area contributed by atoms with Gasteiger partial charge in [-0.3, -0.25) is 4.99 Å². The van der Waals surface area contributed by atoms with Gasteiger partial charge < -0.3 is 20.1 Å². The molecule has 0 heterocycles. The number of rotatable bonds is 9. The minimum absolute atomic E-state index is 0.645. The minimum Gasteiger partial charge on any atom is -0.382 e. The van der Waals surface area contributed by atoms with E-state index in [0.29, 0.717) is 13.2 Å². The largest absolute Gasteiger partial charge is 0.382 e. The number of benzene rings is 1. The van der Waals surface area contributed by atoms with Crippen molar-refractivity contribution in [3.63, 3.8) is 0 Å². The summed E-state index contributed by atoms with van der Waals surface area (Å²) in [4.78, 5) is 4.26. The van der Waals surface area contributed by atoms with E-state index in [1.165, 1.54) is 22.3 Å². The Hall–Kier alpha value is -1.59. The monoisotopic (exact) mass is 321 g/mol. The van der Waals surface area contributed by atoms with E-state index >= 15 is 0 Å². The highest BCUT2D eigenvalue weighted by Crippen LogP contribution is 2.15. The fourth-order valence-corrected chi connectivity index (χ4v) is 2.51. The molecule has 1 aromatic rings. The van der Waals surface area contributed by atoms with Crippen molar-refractivity contribution < 1.29 is 9.47 Å². The van der Waals surface area contributed by atoms with Gasteiger partial charge in [0.25, 0.3) is 0 Å². The normalized spacial score (nSPS) is 11.6. The molecule has 0 spiro atoms. The summed E-state index contributed by atoms with van der Waals surface area (Å²) in [5.74, 6) is 0.821. The Morgan fingerprint density at radius 2 is 1.74 bits per heavy atom. The van der Waals surface area contributed by atoms with E-state index in [9.17, 15) is 0 Å². The van der Waals surface area contributed by atoms with Gasteiger partial charge in [-0.25, -0.2) is 0 Å². The lowest BCUT2D eigenvalue weighted by molar-refractivity contribution is 0.0698. The Kier molecular flexibility index (Phi) is 9.33. The Morgan fingerprint density at radius 3 is 2.35 bits per heavy atom. The van der Waals surface area contributed by atoms with E-state index < -0.39 is 0 Å². The van der Waals surface area contributed by atoms with E-state index in [1.807, 2.05) is 0 Å². The number of hydrogen-bond donors (Lipinski definition) is 2. The highest BCUT2D eigenvalue weighted by atomic mass is 16.5. The summed E-state index contributed by atoms with van der Waals surface area (Å²) in [7, 11) is 3.47. The third kappa shape index (κ3) is 7.48. The molecule has 0 aliphatic carbocycles.